The molecule has 0 atom stereocenters. The van der Waals surface area contributed by atoms with E-state index in [0.717, 1.165) is 22.0 Å². The number of rotatable bonds is 5. The Hall–Kier alpha value is -1.92. The number of hydrogen-bond donors (Lipinski definition) is 3. The summed E-state index contributed by atoms with van der Waals surface area (Å²) in [6, 6.07) is 6.05. The Morgan fingerprint density at radius 2 is 2.09 bits per heavy atom. The lowest BCUT2D eigenvalue weighted by atomic mass is 10.1. The summed E-state index contributed by atoms with van der Waals surface area (Å²) in [6.45, 7) is 5.14. The molecule has 1 heterocycles. The summed E-state index contributed by atoms with van der Waals surface area (Å²) in [5.41, 5.74) is 3.67. The minimum absolute atomic E-state index is 0.0926. The van der Waals surface area contributed by atoms with E-state index in [4.69, 9.17) is 17.3 Å². The van der Waals surface area contributed by atoms with E-state index >= 15 is 0 Å². The average Bonchev–Trinajstić information content (AvgIpc) is 2.51. The maximum absolute atomic E-state index is 12.4. The molecule has 6 heteroatoms. The Morgan fingerprint density at radius 3 is 2.74 bits per heavy atom. The quantitative estimate of drug-likeness (QED) is 0.729. The van der Waals surface area contributed by atoms with Gasteiger partial charge in [0.15, 0.2) is 5.11 Å². The van der Waals surface area contributed by atoms with E-state index in [9.17, 15) is 4.79 Å². The van der Waals surface area contributed by atoms with Crippen LogP contribution in [0.2, 0.25) is 0 Å². The molecule has 1 aromatic heterocycles. The van der Waals surface area contributed by atoms with Gasteiger partial charge in [-0.2, -0.15) is 0 Å². The fourth-order valence-electron chi connectivity index (χ4n) is 2.73. The van der Waals surface area contributed by atoms with Crippen molar-refractivity contribution in [1.29, 1.82) is 0 Å². The maximum atomic E-state index is 12.4. The first-order valence-electron chi connectivity index (χ1n) is 7.67. The van der Waals surface area contributed by atoms with Crippen LogP contribution in [0.5, 0.6) is 0 Å². The van der Waals surface area contributed by atoms with Crippen LogP contribution in [0.1, 0.15) is 23.1 Å². The second kappa shape index (κ2) is 7.57. The van der Waals surface area contributed by atoms with Crippen LogP contribution in [0.15, 0.2) is 23.0 Å². The molecule has 0 spiro atoms. The lowest BCUT2D eigenvalue weighted by molar-refractivity contribution is 0.264. The number of aliphatic hydroxyl groups is 1. The Morgan fingerprint density at radius 1 is 1.35 bits per heavy atom. The third-order valence-corrected chi connectivity index (χ3v) is 4.28. The SMILES string of the molecule is CNC(=S)N(CCCO)Cc1cc2cc(C)cc(C)c2[nH]c1=O. The van der Waals surface area contributed by atoms with Gasteiger partial charge in [0, 0.05) is 25.8 Å². The second-order valence-electron chi connectivity index (χ2n) is 5.72. The lowest BCUT2D eigenvalue weighted by Crippen LogP contribution is -2.39. The molecule has 124 valence electrons. The predicted molar refractivity (Wildman–Crippen MR) is 97.8 cm³/mol. The lowest BCUT2D eigenvalue weighted by Gasteiger charge is -2.24. The van der Waals surface area contributed by atoms with E-state index in [2.05, 4.69) is 22.4 Å². The van der Waals surface area contributed by atoms with E-state index in [1.807, 2.05) is 24.8 Å². The summed E-state index contributed by atoms with van der Waals surface area (Å²) in [5, 5.41) is 13.6. The van der Waals surface area contributed by atoms with E-state index < -0.39 is 0 Å². The van der Waals surface area contributed by atoms with Crippen LogP contribution in [0.3, 0.4) is 0 Å². The third kappa shape index (κ3) is 4.09. The molecule has 1 aromatic carbocycles. The van der Waals surface area contributed by atoms with Gasteiger partial charge in [0.25, 0.3) is 5.56 Å². The van der Waals surface area contributed by atoms with Gasteiger partial charge in [-0.25, -0.2) is 0 Å². The van der Waals surface area contributed by atoms with Crippen molar-refractivity contribution in [3.8, 4) is 0 Å². The summed E-state index contributed by atoms with van der Waals surface area (Å²) in [7, 11) is 1.76. The molecule has 2 aromatic rings. The van der Waals surface area contributed by atoms with Crippen LogP contribution >= 0.6 is 12.2 Å². The number of aromatic nitrogens is 1. The van der Waals surface area contributed by atoms with E-state index in [1.54, 1.807) is 7.05 Å². The highest BCUT2D eigenvalue weighted by Gasteiger charge is 2.12. The minimum Gasteiger partial charge on any atom is -0.396 e. The van der Waals surface area contributed by atoms with Crippen molar-refractivity contribution in [2.45, 2.75) is 26.8 Å². The van der Waals surface area contributed by atoms with Gasteiger partial charge in [0.05, 0.1) is 12.1 Å². The van der Waals surface area contributed by atoms with Crippen LogP contribution < -0.4 is 10.9 Å². The minimum atomic E-state index is -0.0997. The highest BCUT2D eigenvalue weighted by molar-refractivity contribution is 7.80. The maximum Gasteiger partial charge on any atom is 0.253 e. The second-order valence-corrected chi connectivity index (χ2v) is 6.11. The summed E-state index contributed by atoms with van der Waals surface area (Å²) < 4.78 is 0. The summed E-state index contributed by atoms with van der Waals surface area (Å²) in [6.07, 6.45) is 0.603. The Kier molecular flexibility index (Phi) is 5.74. The van der Waals surface area contributed by atoms with Crippen LogP contribution in [-0.4, -0.2) is 40.3 Å². The summed E-state index contributed by atoms with van der Waals surface area (Å²) in [4.78, 5) is 17.3. The number of thiocarbonyl (C=S) groups is 1. The number of benzene rings is 1. The fraction of sp³-hybridized carbons (Fsp3) is 0.412. The van der Waals surface area contributed by atoms with Gasteiger partial charge in [-0.3, -0.25) is 4.79 Å². The van der Waals surface area contributed by atoms with Crippen molar-refractivity contribution >= 4 is 28.2 Å². The highest BCUT2D eigenvalue weighted by Crippen LogP contribution is 2.18. The van der Waals surface area contributed by atoms with Crippen molar-refractivity contribution in [2.75, 3.05) is 20.2 Å². The number of aryl methyl sites for hydroxylation is 2. The van der Waals surface area contributed by atoms with Crippen molar-refractivity contribution in [1.82, 2.24) is 15.2 Å². The molecule has 3 N–H and O–H groups in total. The number of aliphatic hydroxyl groups excluding tert-OH is 1. The Bertz CT molecular complexity index is 770. The van der Waals surface area contributed by atoms with Crippen LogP contribution in [-0.2, 0) is 6.54 Å². The molecule has 0 bridgehead atoms. The van der Waals surface area contributed by atoms with Gasteiger partial charge in [-0.1, -0.05) is 11.6 Å². The monoisotopic (exact) mass is 333 g/mol. The van der Waals surface area contributed by atoms with Crippen LogP contribution in [0, 0.1) is 13.8 Å². The van der Waals surface area contributed by atoms with Crippen molar-refractivity contribution < 1.29 is 5.11 Å². The van der Waals surface area contributed by atoms with Crippen LogP contribution in [0.4, 0.5) is 0 Å². The van der Waals surface area contributed by atoms with Gasteiger partial charge in [-0.15, -0.1) is 0 Å². The molecule has 5 nitrogen and oxygen atoms in total. The zero-order valence-electron chi connectivity index (χ0n) is 13.8. The molecule has 23 heavy (non-hydrogen) atoms. The molecule has 0 aliphatic heterocycles. The molecule has 0 saturated carbocycles. The number of H-pyrrole nitrogens is 1. The van der Waals surface area contributed by atoms with Gasteiger partial charge >= 0.3 is 0 Å². The molecular formula is C17H23N3O2S. The molecule has 0 aliphatic carbocycles. The Labute approximate surface area is 141 Å². The number of hydrogen-bond acceptors (Lipinski definition) is 3. The first kappa shape index (κ1) is 17.4. The first-order chi connectivity index (χ1) is 11.0. The van der Waals surface area contributed by atoms with E-state index in [0.29, 0.717) is 30.2 Å². The normalized spacial score (nSPS) is 10.8. The number of pyridine rings is 1. The van der Waals surface area contributed by atoms with Gasteiger partial charge in [-0.05, 0) is 55.6 Å². The van der Waals surface area contributed by atoms with Gasteiger partial charge < -0.3 is 20.3 Å². The average molecular weight is 333 g/mol. The molecule has 0 aliphatic rings. The van der Waals surface area contributed by atoms with Crippen LogP contribution in [0.25, 0.3) is 10.9 Å². The predicted octanol–water partition coefficient (Wildman–Crippen LogP) is 1.83. The van der Waals surface area contributed by atoms with Crippen molar-refractivity contribution in [3.05, 3.63) is 45.2 Å². The van der Waals surface area contributed by atoms with E-state index in [1.165, 1.54) is 0 Å². The molecular weight excluding hydrogens is 310 g/mol. The fourth-order valence-corrected chi connectivity index (χ4v) is 2.88. The largest absolute Gasteiger partial charge is 0.396 e. The van der Waals surface area contributed by atoms with Crippen molar-refractivity contribution in [2.24, 2.45) is 0 Å². The third-order valence-electron chi connectivity index (χ3n) is 3.82. The number of nitrogens with one attached hydrogen (secondary N) is 2. The smallest absolute Gasteiger partial charge is 0.253 e. The summed E-state index contributed by atoms with van der Waals surface area (Å²) >= 11 is 5.29. The molecule has 2 rings (SSSR count). The van der Waals surface area contributed by atoms with Gasteiger partial charge in [0.2, 0.25) is 0 Å². The first-order valence-corrected chi connectivity index (χ1v) is 8.07. The molecule has 0 fully saturated rings. The van der Waals surface area contributed by atoms with Crippen molar-refractivity contribution in [3.63, 3.8) is 0 Å². The number of nitrogens with zero attached hydrogens (tertiary/aromatic N) is 1. The summed E-state index contributed by atoms with van der Waals surface area (Å²) in [5.74, 6) is 0. The van der Waals surface area contributed by atoms with E-state index in [-0.39, 0.29) is 12.2 Å². The molecule has 0 radical (unpaired) electrons. The number of aromatic amines is 1. The zero-order valence-corrected chi connectivity index (χ0v) is 14.6. The topological polar surface area (TPSA) is 68.4 Å². The molecule has 0 saturated heterocycles. The molecule has 0 amide bonds. The molecule has 0 unspecified atom stereocenters. The Balaban J connectivity index is 2.39. The van der Waals surface area contributed by atoms with Gasteiger partial charge in [0.1, 0.15) is 0 Å². The standard InChI is InChI=1S/C17H23N3O2S/c1-11-7-12(2)15-13(8-11)9-14(16(22)19-15)10-20(5-4-6-21)17(23)18-3/h7-9,21H,4-6,10H2,1-3H3,(H,18,23)(H,19,22). The zero-order chi connectivity index (χ0) is 17.0. The highest BCUT2D eigenvalue weighted by atomic mass is 32.1. The number of fused-ring (bicyclic) bond motifs is 1.